The van der Waals surface area contributed by atoms with E-state index in [0.29, 0.717) is 17.4 Å². The minimum absolute atomic E-state index is 0.178. The second-order valence-electron chi connectivity index (χ2n) is 29.8. The molecule has 9 heteroatoms. The first kappa shape index (κ1) is 95.2. The smallest absolute Gasteiger partial charge is 0.361 e. The average Bonchev–Trinajstić information content (AvgIpc) is 2.62. The SMILES string of the molecule is CC/C=C\C/C=C\C/C=C\C/C=C\C/C=C\C/C=C\CCCCCCCCCCCCCCCCCCCCCCCCC(=O)OC(COC(=O)CCCCCCCCCCCCCCCCCCCCCCC/C=C\C/C=C\CCCCCCC)COC(OCC[N+](C)(C)C)C(=O)O. The molecule has 0 aromatic heterocycles. The van der Waals surface area contributed by atoms with Crippen LogP contribution in [0.2, 0.25) is 0 Å². The molecule has 0 saturated carbocycles. The van der Waals surface area contributed by atoms with Gasteiger partial charge in [-0.15, -0.1) is 0 Å². The van der Waals surface area contributed by atoms with E-state index >= 15 is 0 Å². The molecule has 9 nitrogen and oxygen atoms in total. The molecule has 0 bridgehead atoms. The van der Waals surface area contributed by atoms with Crippen LogP contribution in [0.3, 0.4) is 0 Å². The number of unbranched alkanes of at least 4 members (excludes halogenated alkanes) is 48. The van der Waals surface area contributed by atoms with Crippen LogP contribution in [-0.4, -0.2) is 87.4 Å². The first-order valence-electron chi connectivity index (χ1n) is 42.4. The van der Waals surface area contributed by atoms with Crippen molar-refractivity contribution in [2.24, 2.45) is 0 Å². The monoisotopic (exact) mass is 1390 g/mol. The molecule has 2 atom stereocenters. The predicted molar refractivity (Wildman–Crippen MR) is 429 cm³/mol. The maximum Gasteiger partial charge on any atom is 0.361 e. The van der Waals surface area contributed by atoms with Crippen LogP contribution in [0.15, 0.2) is 97.2 Å². The molecular formula is C90H162NO8+. The number of hydrogen-bond donors (Lipinski definition) is 1. The van der Waals surface area contributed by atoms with E-state index in [0.717, 1.165) is 83.5 Å². The number of likely N-dealkylation sites (N-methyl/N-ethyl adjacent to an activating group) is 1. The zero-order valence-electron chi connectivity index (χ0n) is 65.9. The third-order valence-electron chi connectivity index (χ3n) is 18.8. The van der Waals surface area contributed by atoms with Gasteiger partial charge in [-0.3, -0.25) is 9.59 Å². The van der Waals surface area contributed by atoms with E-state index in [2.05, 4.69) is 111 Å². The maximum absolute atomic E-state index is 13.0. The number of quaternary nitrogens is 1. The Morgan fingerprint density at radius 3 is 0.859 bits per heavy atom. The number of carbonyl (C=O) groups is 3. The maximum atomic E-state index is 13.0. The average molecular weight is 1390 g/mol. The molecule has 2 unspecified atom stereocenters. The molecule has 0 radical (unpaired) electrons. The fraction of sp³-hybridized carbons (Fsp3) is 0.789. The molecule has 0 heterocycles. The van der Waals surface area contributed by atoms with Crippen molar-refractivity contribution < 1.29 is 42.9 Å². The number of allylic oxidation sites excluding steroid dienone is 16. The lowest BCUT2D eigenvalue weighted by atomic mass is 10.0. The summed E-state index contributed by atoms with van der Waals surface area (Å²) in [5.41, 5.74) is 0. The number of carbonyl (C=O) groups excluding carboxylic acids is 2. The van der Waals surface area contributed by atoms with E-state index in [1.807, 2.05) is 21.1 Å². The highest BCUT2D eigenvalue weighted by Crippen LogP contribution is 2.20. The van der Waals surface area contributed by atoms with Crippen molar-refractivity contribution in [1.29, 1.82) is 0 Å². The van der Waals surface area contributed by atoms with Crippen molar-refractivity contribution in [2.45, 2.75) is 411 Å². The molecule has 0 rings (SSSR count). The standard InChI is InChI=1S/C90H161NO8/c1-6-8-10-12-14-16-18-20-22-24-26-28-30-32-34-36-38-40-41-42-43-44-45-46-47-49-51-53-55-57-59-61-63-65-67-69-71-73-75-77-79-81-88(93)99-86(85-98-90(89(94)95)96-83-82-91(3,4)5)84-97-87(92)80-78-76-74-72-70-68-66-64-62-60-58-56-54-52-50-48-39-37-35-33-31-29-27-25-23-21-19-17-15-13-11-9-7-2/h8,10,14,16,19-22,25-28,32,34,38,40,86,90H,6-7,9,11-13,15,17-18,23-24,29-31,33,35-37,39,41-85H2,1-5H3/p+1/b10-8-,16-14-,21-19-,22-20-,27-25-,28-26-,34-32-,40-38-. The Morgan fingerprint density at radius 1 is 0.313 bits per heavy atom. The topological polar surface area (TPSA) is 108 Å². The van der Waals surface area contributed by atoms with Gasteiger partial charge in [0.2, 0.25) is 0 Å². The van der Waals surface area contributed by atoms with E-state index in [-0.39, 0.29) is 38.2 Å². The molecule has 99 heavy (non-hydrogen) atoms. The first-order chi connectivity index (χ1) is 48.6. The Morgan fingerprint density at radius 2 is 0.576 bits per heavy atom. The van der Waals surface area contributed by atoms with Gasteiger partial charge >= 0.3 is 17.9 Å². The Hall–Kier alpha value is -3.79. The van der Waals surface area contributed by atoms with Gasteiger partial charge in [0.15, 0.2) is 6.10 Å². The second kappa shape index (κ2) is 79.9. The third kappa shape index (κ3) is 81.4. The van der Waals surface area contributed by atoms with Crippen LogP contribution < -0.4 is 0 Å². The molecule has 0 aromatic rings. The van der Waals surface area contributed by atoms with E-state index in [9.17, 15) is 19.5 Å². The van der Waals surface area contributed by atoms with Crippen molar-refractivity contribution in [3.63, 3.8) is 0 Å². The molecule has 0 amide bonds. The van der Waals surface area contributed by atoms with Crippen LogP contribution in [0, 0.1) is 0 Å². The van der Waals surface area contributed by atoms with Gasteiger partial charge in [0.1, 0.15) is 13.2 Å². The van der Waals surface area contributed by atoms with Crippen molar-refractivity contribution in [1.82, 2.24) is 0 Å². The lowest BCUT2D eigenvalue weighted by Gasteiger charge is -2.25. The van der Waals surface area contributed by atoms with Crippen molar-refractivity contribution in [2.75, 3.05) is 47.5 Å². The highest BCUT2D eigenvalue weighted by Gasteiger charge is 2.25. The second-order valence-corrected chi connectivity index (χ2v) is 29.8. The number of carboxylic acid groups (broad SMARTS) is 1. The van der Waals surface area contributed by atoms with E-state index in [1.165, 1.54) is 289 Å². The van der Waals surface area contributed by atoms with E-state index in [4.69, 9.17) is 18.9 Å². The summed E-state index contributed by atoms with van der Waals surface area (Å²) in [6.45, 7) is 4.81. The molecule has 0 fully saturated rings. The Bertz CT molecular complexity index is 1960. The zero-order valence-corrected chi connectivity index (χ0v) is 65.9. The van der Waals surface area contributed by atoms with Crippen LogP contribution in [-0.2, 0) is 33.3 Å². The zero-order chi connectivity index (χ0) is 71.8. The van der Waals surface area contributed by atoms with Crippen LogP contribution in [0.4, 0.5) is 0 Å². The van der Waals surface area contributed by atoms with Gasteiger partial charge in [-0.05, 0) is 96.3 Å². The Labute approximate surface area is 613 Å². The molecule has 574 valence electrons. The van der Waals surface area contributed by atoms with Gasteiger partial charge in [0, 0.05) is 12.8 Å². The summed E-state index contributed by atoms with van der Waals surface area (Å²) in [5.74, 6) is -1.98. The Balaban J connectivity index is 3.95. The summed E-state index contributed by atoms with van der Waals surface area (Å²) >= 11 is 0. The van der Waals surface area contributed by atoms with E-state index < -0.39 is 18.4 Å². The van der Waals surface area contributed by atoms with Crippen molar-refractivity contribution in [3.8, 4) is 0 Å². The molecular weight excluding hydrogens is 1220 g/mol. The first-order valence-corrected chi connectivity index (χ1v) is 42.4. The number of aliphatic carboxylic acids is 1. The number of rotatable bonds is 79. The van der Waals surface area contributed by atoms with Crippen LogP contribution in [0.5, 0.6) is 0 Å². The van der Waals surface area contributed by atoms with Gasteiger partial charge in [-0.25, -0.2) is 4.79 Å². The number of ether oxygens (including phenoxy) is 4. The molecule has 0 aliphatic heterocycles. The van der Waals surface area contributed by atoms with Gasteiger partial charge in [0.25, 0.3) is 6.29 Å². The van der Waals surface area contributed by atoms with Crippen LogP contribution in [0.25, 0.3) is 0 Å². The Kier molecular flexibility index (Phi) is 76.8. The predicted octanol–water partition coefficient (Wildman–Crippen LogP) is 27.5. The molecule has 0 spiro atoms. The molecule has 0 aliphatic rings. The van der Waals surface area contributed by atoms with Gasteiger partial charge < -0.3 is 28.5 Å². The fourth-order valence-corrected chi connectivity index (χ4v) is 12.4. The van der Waals surface area contributed by atoms with Crippen LogP contribution in [0.1, 0.15) is 399 Å². The van der Waals surface area contributed by atoms with Crippen LogP contribution >= 0.6 is 0 Å². The normalized spacial score (nSPS) is 13.1. The fourth-order valence-electron chi connectivity index (χ4n) is 12.4. The van der Waals surface area contributed by atoms with E-state index in [1.54, 1.807) is 0 Å². The highest BCUT2D eigenvalue weighted by atomic mass is 16.7. The third-order valence-corrected chi connectivity index (χ3v) is 18.8. The summed E-state index contributed by atoms with van der Waals surface area (Å²) in [6, 6.07) is 0. The number of esters is 2. The summed E-state index contributed by atoms with van der Waals surface area (Å²) in [7, 11) is 6.00. The van der Waals surface area contributed by atoms with Crippen molar-refractivity contribution >= 4 is 17.9 Å². The van der Waals surface area contributed by atoms with Gasteiger partial charge in [0.05, 0.1) is 34.4 Å². The van der Waals surface area contributed by atoms with Gasteiger partial charge in [-0.2, -0.15) is 0 Å². The highest BCUT2D eigenvalue weighted by molar-refractivity contribution is 5.71. The molecule has 1 N–H and O–H groups in total. The lowest BCUT2D eigenvalue weighted by Crippen LogP contribution is -2.40. The summed E-state index contributed by atoms with van der Waals surface area (Å²) < 4.78 is 23.1. The minimum atomic E-state index is -1.51. The lowest BCUT2D eigenvalue weighted by molar-refractivity contribution is -0.870. The minimum Gasteiger partial charge on any atom is -0.477 e. The van der Waals surface area contributed by atoms with Crippen molar-refractivity contribution in [3.05, 3.63) is 97.2 Å². The summed E-state index contributed by atoms with van der Waals surface area (Å²) in [4.78, 5) is 37.8. The van der Waals surface area contributed by atoms with Gasteiger partial charge in [-0.1, -0.05) is 387 Å². The number of carboxylic acids is 1. The molecule has 0 saturated heterocycles. The number of hydrogen-bond acceptors (Lipinski definition) is 7. The quantitative estimate of drug-likeness (QED) is 0.0211. The largest absolute Gasteiger partial charge is 0.477 e. The molecule has 0 aromatic carbocycles. The number of nitrogens with zero attached hydrogens (tertiary/aromatic N) is 1. The molecule has 0 aliphatic carbocycles. The summed E-state index contributed by atoms with van der Waals surface area (Å²) in [5, 5.41) is 9.79. The summed E-state index contributed by atoms with van der Waals surface area (Å²) in [6.07, 6.45) is 109.